The number of aryl methyl sites for hydroxylation is 1. The molecule has 2 N–H and O–H groups in total. The summed E-state index contributed by atoms with van der Waals surface area (Å²) in [6.07, 6.45) is 2.44. The molecule has 0 spiro atoms. The van der Waals surface area contributed by atoms with Crippen molar-refractivity contribution in [3.05, 3.63) is 76.6 Å². The van der Waals surface area contributed by atoms with E-state index in [4.69, 9.17) is 11.6 Å². The Bertz CT molecular complexity index is 1200. The highest BCUT2D eigenvalue weighted by Gasteiger charge is 2.41. The van der Waals surface area contributed by atoms with Crippen LogP contribution in [0.1, 0.15) is 66.6 Å². The lowest BCUT2D eigenvalue weighted by Crippen LogP contribution is -2.47. The minimum atomic E-state index is -4.69. The Hall–Kier alpha value is -2.84. The van der Waals surface area contributed by atoms with Crippen molar-refractivity contribution in [3.63, 3.8) is 0 Å². The number of nitrogens with one attached hydrogen (secondary N) is 1. The van der Waals surface area contributed by atoms with Gasteiger partial charge in [-0.05, 0) is 49.1 Å². The maximum atomic E-state index is 13.3. The van der Waals surface area contributed by atoms with Gasteiger partial charge in [0.15, 0.2) is 0 Å². The first kappa shape index (κ1) is 25.3. The van der Waals surface area contributed by atoms with E-state index in [1.54, 1.807) is 16.9 Å². The van der Waals surface area contributed by atoms with Crippen LogP contribution in [0.3, 0.4) is 0 Å². The van der Waals surface area contributed by atoms with Gasteiger partial charge in [0.25, 0.3) is 5.91 Å². The van der Waals surface area contributed by atoms with E-state index < -0.39 is 34.3 Å². The van der Waals surface area contributed by atoms with Gasteiger partial charge in [0, 0.05) is 18.3 Å². The first-order valence-electron chi connectivity index (χ1n) is 11.6. The minimum absolute atomic E-state index is 0.286. The molecule has 5 nitrogen and oxygen atoms in total. The molecule has 1 unspecified atom stereocenters. The average molecular weight is 506 g/mol. The van der Waals surface area contributed by atoms with Crippen molar-refractivity contribution in [1.82, 2.24) is 15.1 Å². The van der Waals surface area contributed by atoms with E-state index in [0.717, 1.165) is 49.1 Å². The fourth-order valence-corrected chi connectivity index (χ4v) is 5.02. The lowest BCUT2D eigenvalue weighted by molar-refractivity contribution is -0.137. The molecule has 0 radical (unpaired) electrons. The number of hydrogen-bond acceptors (Lipinski definition) is 3. The lowest BCUT2D eigenvalue weighted by atomic mass is 9.76. The van der Waals surface area contributed by atoms with Crippen LogP contribution in [0.15, 0.2) is 54.9 Å². The molecule has 1 fully saturated rings. The highest BCUT2D eigenvalue weighted by molar-refractivity contribution is 6.34. The Morgan fingerprint density at radius 3 is 2.54 bits per heavy atom. The maximum absolute atomic E-state index is 13.3. The molecule has 186 valence electrons. The van der Waals surface area contributed by atoms with Gasteiger partial charge < -0.3 is 10.4 Å². The minimum Gasteiger partial charge on any atom is -0.387 e. The van der Waals surface area contributed by atoms with Crippen LogP contribution < -0.4 is 5.32 Å². The average Bonchev–Trinajstić information content (AvgIpc) is 3.32. The van der Waals surface area contributed by atoms with Crippen molar-refractivity contribution < 1.29 is 23.1 Å². The molecule has 1 heterocycles. The highest BCUT2D eigenvalue weighted by Crippen LogP contribution is 2.40. The molecule has 3 aromatic rings. The van der Waals surface area contributed by atoms with E-state index in [0.29, 0.717) is 18.4 Å². The Morgan fingerprint density at radius 2 is 1.89 bits per heavy atom. The van der Waals surface area contributed by atoms with E-state index in [2.05, 4.69) is 10.4 Å². The molecule has 1 saturated carbocycles. The van der Waals surface area contributed by atoms with Gasteiger partial charge in [0.05, 0.1) is 34.0 Å². The van der Waals surface area contributed by atoms with Gasteiger partial charge in [-0.3, -0.25) is 9.48 Å². The van der Waals surface area contributed by atoms with Gasteiger partial charge in [-0.25, -0.2) is 0 Å². The van der Waals surface area contributed by atoms with E-state index >= 15 is 0 Å². The third kappa shape index (κ3) is 5.38. The smallest absolute Gasteiger partial charge is 0.387 e. The summed E-state index contributed by atoms with van der Waals surface area (Å²) in [6.45, 7) is 2.70. The fourth-order valence-electron chi connectivity index (χ4n) is 4.70. The van der Waals surface area contributed by atoms with Crippen LogP contribution in [0.4, 0.5) is 13.2 Å². The van der Waals surface area contributed by atoms with Crippen molar-refractivity contribution in [1.29, 1.82) is 0 Å². The summed E-state index contributed by atoms with van der Waals surface area (Å²) in [5.74, 6) is -0.769. The molecule has 1 aliphatic rings. The fraction of sp³-hybridized carbons (Fsp3) is 0.385. The number of halogens is 4. The number of alkyl halides is 3. The van der Waals surface area contributed by atoms with Crippen LogP contribution in [0, 0.1) is 0 Å². The van der Waals surface area contributed by atoms with E-state index in [1.807, 2.05) is 31.3 Å². The molecule has 1 aromatic heterocycles. The number of carbonyl (C=O) groups is 1. The van der Waals surface area contributed by atoms with E-state index in [1.165, 1.54) is 6.07 Å². The second-order valence-electron chi connectivity index (χ2n) is 8.95. The molecular formula is C26H27ClF3N3O2. The molecule has 0 saturated heterocycles. The molecule has 1 atom stereocenters. The number of benzene rings is 2. The summed E-state index contributed by atoms with van der Waals surface area (Å²) in [5.41, 5.74) is -0.198. The number of aromatic nitrogens is 2. The Balaban J connectivity index is 1.72. The zero-order chi connectivity index (χ0) is 25.2. The third-order valence-corrected chi connectivity index (χ3v) is 7.00. The van der Waals surface area contributed by atoms with Gasteiger partial charge in [0.2, 0.25) is 0 Å². The second-order valence-corrected chi connectivity index (χ2v) is 9.32. The molecule has 2 aromatic carbocycles. The SMILES string of the molecule is CCn1cc(-c2cccc(C(NC(=O)c3cccc(C(F)(F)F)c3Cl)C3(O)CCCCC3)c2)cn1. The summed E-state index contributed by atoms with van der Waals surface area (Å²) < 4.78 is 41.8. The van der Waals surface area contributed by atoms with Gasteiger partial charge in [-0.1, -0.05) is 55.1 Å². The normalized spacial score (nSPS) is 16.6. The second kappa shape index (κ2) is 10.0. The Morgan fingerprint density at radius 1 is 1.17 bits per heavy atom. The summed E-state index contributed by atoms with van der Waals surface area (Å²) >= 11 is 6.01. The third-order valence-electron chi connectivity index (χ3n) is 6.59. The topological polar surface area (TPSA) is 67.2 Å². The van der Waals surface area contributed by atoms with Crippen molar-refractivity contribution in [2.24, 2.45) is 0 Å². The summed E-state index contributed by atoms with van der Waals surface area (Å²) in [6, 6.07) is 9.84. The predicted octanol–water partition coefficient (Wildman–Crippen LogP) is 6.41. The molecule has 0 bridgehead atoms. The van der Waals surface area contributed by atoms with Crippen LogP contribution in [0.25, 0.3) is 11.1 Å². The standard InChI is InChI=1S/C26H27ClF3N3O2/c1-2-33-16-19(15-31-33)17-8-6-9-18(14-17)23(25(35)12-4-3-5-13-25)32-24(34)20-10-7-11-21(22(20)27)26(28,29)30/h6-11,14-16,23,35H,2-5,12-13H2,1H3,(H,32,34). The number of hydrogen-bond donors (Lipinski definition) is 2. The summed E-state index contributed by atoms with van der Waals surface area (Å²) in [7, 11) is 0. The summed E-state index contributed by atoms with van der Waals surface area (Å²) in [4.78, 5) is 13.2. The van der Waals surface area contributed by atoms with Gasteiger partial charge in [-0.15, -0.1) is 0 Å². The predicted molar refractivity (Wildman–Crippen MR) is 128 cm³/mol. The number of carbonyl (C=O) groups excluding carboxylic acids is 1. The van der Waals surface area contributed by atoms with Gasteiger partial charge in [-0.2, -0.15) is 18.3 Å². The molecule has 0 aliphatic heterocycles. The lowest BCUT2D eigenvalue weighted by Gasteiger charge is -2.40. The summed E-state index contributed by atoms with van der Waals surface area (Å²) in [5, 5.41) is 18.1. The Kier molecular flexibility index (Phi) is 7.24. The number of nitrogens with zero attached hydrogens (tertiary/aromatic N) is 2. The van der Waals surface area contributed by atoms with E-state index in [9.17, 15) is 23.1 Å². The van der Waals surface area contributed by atoms with E-state index in [-0.39, 0.29) is 5.56 Å². The molecular weight excluding hydrogens is 479 g/mol. The molecule has 35 heavy (non-hydrogen) atoms. The van der Waals surface area contributed by atoms with Crippen molar-refractivity contribution in [2.75, 3.05) is 0 Å². The van der Waals surface area contributed by atoms with Crippen LogP contribution in [-0.4, -0.2) is 26.4 Å². The number of rotatable bonds is 6. The largest absolute Gasteiger partial charge is 0.417 e. The zero-order valence-corrected chi connectivity index (χ0v) is 20.0. The van der Waals surface area contributed by atoms with Gasteiger partial charge >= 0.3 is 6.18 Å². The van der Waals surface area contributed by atoms with Crippen LogP contribution in [-0.2, 0) is 12.7 Å². The maximum Gasteiger partial charge on any atom is 0.417 e. The molecule has 1 amide bonds. The van der Waals surface area contributed by atoms with Gasteiger partial charge in [0.1, 0.15) is 0 Å². The van der Waals surface area contributed by atoms with Crippen LogP contribution in [0.5, 0.6) is 0 Å². The van der Waals surface area contributed by atoms with Crippen molar-refractivity contribution in [2.45, 2.75) is 63.4 Å². The first-order chi connectivity index (χ1) is 16.6. The molecule has 9 heteroatoms. The van der Waals surface area contributed by atoms with Crippen molar-refractivity contribution in [3.8, 4) is 11.1 Å². The van der Waals surface area contributed by atoms with Crippen LogP contribution >= 0.6 is 11.6 Å². The zero-order valence-electron chi connectivity index (χ0n) is 19.3. The molecule has 1 aliphatic carbocycles. The highest BCUT2D eigenvalue weighted by atomic mass is 35.5. The monoisotopic (exact) mass is 505 g/mol. The number of amides is 1. The first-order valence-corrected chi connectivity index (χ1v) is 12.0. The van der Waals surface area contributed by atoms with Crippen molar-refractivity contribution >= 4 is 17.5 Å². The Labute approximate surface area is 206 Å². The number of aliphatic hydroxyl groups is 1. The molecule has 4 rings (SSSR count). The quantitative estimate of drug-likeness (QED) is 0.407. The van der Waals surface area contributed by atoms with Crippen LogP contribution in [0.2, 0.25) is 5.02 Å².